The van der Waals surface area contributed by atoms with E-state index in [0.29, 0.717) is 11.5 Å². The number of rotatable bonds is 3. The number of allylic oxidation sites excluding steroid dienone is 1. The van der Waals surface area contributed by atoms with E-state index in [0.717, 1.165) is 0 Å². The molecule has 0 heterocycles. The van der Waals surface area contributed by atoms with Gasteiger partial charge in [0.05, 0.1) is 0 Å². The second-order valence-corrected chi connectivity index (χ2v) is 3.43. The Labute approximate surface area is 73.5 Å². The molecule has 70 valence electrons. The summed E-state index contributed by atoms with van der Waals surface area (Å²) in [4.78, 5) is 15.2. The summed E-state index contributed by atoms with van der Waals surface area (Å²) in [5.74, 6) is 4.86. The normalized spacial score (nSPS) is 12.4. The minimum atomic E-state index is -0.432. The first-order chi connectivity index (χ1) is 5.49. The van der Waals surface area contributed by atoms with Gasteiger partial charge in [-0.2, -0.15) is 5.90 Å². The van der Waals surface area contributed by atoms with Crippen LogP contribution in [-0.2, 0) is 9.63 Å². The predicted octanol–water partition coefficient (Wildman–Crippen LogP) is 1.64. The van der Waals surface area contributed by atoms with Crippen LogP contribution in [0, 0.1) is 11.8 Å². The summed E-state index contributed by atoms with van der Waals surface area (Å²) in [5.41, 5.74) is 0.646. The Morgan fingerprint density at radius 3 is 2.08 bits per heavy atom. The maximum Gasteiger partial charge on any atom is 0.352 e. The van der Waals surface area contributed by atoms with Crippen LogP contribution in [0.4, 0.5) is 0 Å². The molecular weight excluding hydrogens is 154 g/mol. The van der Waals surface area contributed by atoms with Crippen LogP contribution in [0.1, 0.15) is 27.7 Å². The molecule has 0 spiro atoms. The molecule has 0 unspecified atom stereocenters. The minimum Gasteiger partial charge on any atom is -0.370 e. The van der Waals surface area contributed by atoms with Gasteiger partial charge < -0.3 is 4.84 Å². The zero-order chi connectivity index (χ0) is 9.72. The highest BCUT2D eigenvalue weighted by Gasteiger charge is 2.14. The molecule has 0 aromatic rings. The zero-order valence-corrected chi connectivity index (χ0v) is 8.13. The van der Waals surface area contributed by atoms with Gasteiger partial charge in [-0.1, -0.05) is 33.8 Å². The first-order valence-corrected chi connectivity index (χ1v) is 4.11. The summed E-state index contributed by atoms with van der Waals surface area (Å²) in [5, 5.41) is 0. The molecule has 3 nitrogen and oxygen atoms in total. The van der Waals surface area contributed by atoms with E-state index >= 15 is 0 Å². The van der Waals surface area contributed by atoms with Gasteiger partial charge in [-0.25, -0.2) is 4.79 Å². The summed E-state index contributed by atoms with van der Waals surface area (Å²) in [6.45, 7) is 7.88. The Morgan fingerprint density at radius 1 is 1.33 bits per heavy atom. The van der Waals surface area contributed by atoms with Gasteiger partial charge >= 0.3 is 5.97 Å². The molecule has 0 aliphatic carbocycles. The average Bonchev–Trinajstić information content (AvgIpc) is 1.98. The maximum absolute atomic E-state index is 11.1. The second kappa shape index (κ2) is 4.93. The third kappa shape index (κ3) is 3.53. The van der Waals surface area contributed by atoms with Crippen LogP contribution in [0.15, 0.2) is 11.6 Å². The largest absolute Gasteiger partial charge is 0.370 e. The van der Waals surface area contributed by atoms with E-state index in [4.69, 9.17) is 5.90 Å². The summed E-state index contributed by atoms with van der Waals surface area (Å²) < 4.78 is 0. The van der Waals surface area contributed by atoms with Crippen LogP contribution in [-0.4, -0.2) is 5.97 Å². The Kier molecular flexibility index (Phi) is 4.59. The number of carbonyl (C=O) groups excluding carboxylic acids is 1. The van der Waals surface area contributed by atoms with Gasteiger partial charge in [-0.15, -0.1) is 0 Å². The molecule has 0 atom stereocenters. The van der Waals surface area contributed by atoms with E-state index in [1.54, 1.807) is 0 Å². The van der Waals surface area contributed by atoms with E-state index in [1.807, 2.05) is 33.8 Å². The fourth-order valence-electron chi connectivity index (χ4n) is 0.923. The Morgan fingerprint density at radius 2 is 1.83 bits per heavy atom. The van der Waals surface area contributed by atoms with Gasteiger partial charge in [-0.05, 0) is 11.8 Å². The van der Waals surface area contributed by atoms with Gasteiger partial charge in [0.25, 0.3) is 0 Å². The standard InChI is InChI=1S/C9H17NO2/c1-6(2)5-8(7(3)4)9(11)12-10/h5-7H,10H2,1-4H3/b8-5+. The van der Waals surface area contributed by atoms with Crippen molar-refractivity contribution in [2.45, 2.75) is 27.7 Å². The van der Waals surface area contributed by atoms with Gasteiger partial charge in [0.15, 0.2) is 0 Å². The van der Waals surface area contributed by atoms with E-state index in [-0.39, 0.29) is 5.92 Å². The summed E-state index contributed by atoms with van der Waals surface area (Å²) in [6.07, 6.45) is 1.87. The van der Waals surface area contributed by atoms with Crippen molar-refractivity contribution in [1.82, 2.24) is 0 Å². The highest BCUT2D eigenvalue weighted by molar-refractivity contribution is 5.88. The zero-order valence-electron chi connectivity index (χ0n) is 8.13. The average molecular weight is 171 g/mol. The van der Waals surface area contributed by atoms with E-state index in [2.05, 4.69) is 4.84 Å². The summed E-state index contributed by atoms with van der Waals surface area (Å²) in [6, 6.07) is 0. The molecular formula is C9H17NO2. The molecule has 0 aromatic heterocycles. The minimum absolute atomic E-state index is 0.156. The van der Waals surface area contributed by atoms with Crippen LogP contribution in [0.5, 0.6) is 0 Å². The van der Waals surface area contributed by atoms with Crippen molar-refractivity contribution in [2.24, 2.45) is 17.7 Å². The van der Waals surface area contributed by atoms with Crippen molar-refractivity contribution in [3.8, 4) is 0 Å². The highest BCUT2D eigenvalue weighted by Crippen LogP contribution is 2.13. The Bertz CT molecular complexity index is 183. The third-order valence-corrected chi connectivity index (χ3v) is 1.48. The molecule has 2 N–H and O–H groups in total. The molecule has 12 heavy (non-hydrogen) atoms. The van der Waals surface area contributed by atoms with Crippen LogP contribution in [0.2, 0.25) is 0 Å². The molecule has 0 saturated carbocycles. The molecule has 3 heteroatoms. The highest BCUT2D eigenvalue weighted by atomic mass is 16.7. The quantitative estimate of drug-likeness (QED) is 0.518. The first kappa shape index (κ1) is 11.2. The van der Waals surface area contributed by atoms with Gasteiger partial charge in [-0.3, -0.25) is 0 Å². The summed E-state index contributed by atoms with van der Waals surface area (Å²) >= 11 is 0. The molecule has 0 aliphatic rings. The van der Waals surface area contributed by atoms with E-state index in [9.17, 15) is 4.79 Å². The fraction of sp³-hybridized carbons (Fsp3) is 0.667. The third-order valence-electron chi connectivity index (χ3n) is 1.48. The number of hydrogen-bond acceptors (Lipinski definition) is 3. The van der Waals surface area contributed by atoms with Crippen molar-refractivity contribution in [3.05, 3.63) is 11.6 Å². The van der Waals surface area contributed by atoms with Crippen molar-refractivity contribution in [1.29, 1.82) is 0 Å². The van der Waals surface area contributed by atoms with Crippen molar-refractivity contribution in [3.63, 3.8) is 0 Å². The molecule has 0 saturated heterocycles. The first-order valence-electron chi connectivity index (χ1n) is 4.11. The molecule has 0 radical (unpaired) electrons. The fourth-order valence-corrected chi connectivity index (χ4v) is 0.923. The Balaban J connectivity index is 4.55. The SMILES string of the molecule is CC(C)/C=C(/C(=O)ON)C(C)C. The lowest BCUT2D eigenvalue weighted by atomic mass is 9.99. The smallest absolute Gasteiger partial charge is 0.352 e. The van der Waals surface area contributed by atoms with Gasteiger partial charge in [0.2, 0.25) is 0 Å². The monoisotopic (exact) mass is 171 g/mol. The van der Waals surface area contributed by atoms with Gasteiger partial charge in [0, 0.05) is 5.57 Å². The van der Waals surface area contributed by atoms with Crippen LogP contribution < -0.4 is 5.90 Å². The number of hydrogen-bond donors (Lipinski definition) is 1. The Hall–Kier alpha value is -0.830. The predicted molar refractivity (Wildman–Crippen MR) is 48.0 cm³/mol. The van der Waals surface area contributed by atoms with E-state index < -0.39 is 5.97 Å². The van der Waals surface area contributed by atoms with E-state index in [1.165, 1.54) is 0 Å². The maximum atomic E-state index is 11.1. The van der Waals surface area contributed by atoms with Crippen LogP contribution in [0.25, 0.3) is 0 Å². The van der Waals surface area contributed by atoms with Crippen LogP contribution >= 0.6 is 0 Å². The lowest BCUT2D eigenvalue weighted by Gasteiger charge is -2.09. The number of nitrogens with two attached hydrogens (primary N) is 1. The van der Waals surface area contributed by atoms with Crippen molar-refractivity contribution in [2.75, 3.05) is 0 Å². The lowest BCUT2D eigenvalue weighted by molar-refractivity contribution is -0.140. The second-order valence-electron chi connectivity index (χ2n) is 3.43. The molecule has 0 aromatic carbocycles. The van der Waals surface area contributed by atoms with Crippen molar-refractivity contribution >= 4 is 5.97 Å². The molecule has 0 bridgehead atoms. The molecule has 0 rings (SSSR count). The topological polar surface area (TPSA) is 52.3 Å². The van der Waals surface area contributed by atoms with Gasteiger partial charge in [0.1, 0.15) is 0 Å². The molecule has 0 fully saturated rings. The lowest BCUT2D eigenvalue weighted by Crippen LogP contribution is -2.16. The van der Waals surface area contributed by atoms with Crippen molar-refractivity contribution < 1.29 is 9.63 Å². The summed E-state index contributed by atoms with van der Waals surface area (Å²) in [7, 11) is 0. The number of carbonyl (C=O) groups is 1. The van der Waals surface area contributed by atoms with Crippen LogP contribution in [0.3, 0.4) is 0 Å². The molecule has 0 amide bonds. The molecule has 0 aliphatic heterocycles.